The molecule has 0 amide bonds. The number of hydrogen-bond donors (Lipinski definition) is 0. The van der Waals surface area contributed by atoms with Crippen molar-refractivity contribution in [1.82, 2.24) is 0 Å². The summed E-state index contributed by atoms with van der Waals surface area (Å²) in [5.41, 5.74) is -2.55. The lowest BCUT2D eigenvalue weighted by Crippen LogP contribution is -2.31. The third kappa shape index (κ3) is 7.74. The van der Waals surface area contributed by atoms with E-state index in [1.165, 1.54) is 0 Å². The van der Waals surface area contributed by atoms with Gasteiger partial charge in [-0.25, -0.2) is 13.2 Å². The van der Waals surface area contributed by atoms with E-state index < -0.39 is 51.5 Å². The molecule has 0 saturated heterocycles. The quantitative estimate of drug-likeness (QED) is 0.344. The van der Waals surface area contributed by atoms with Crippen molar-refractivity contribution in [3.8, 4) is 17.6 Å². The number of alkyl halides is 3. The Kier molecular flexibility index (Phi) is 8.00. The van der Waals surface area contributed by atoms with E-state index in [4.69, 9.17) is 4.74 Å². The second kappa shape index (κ2) is 9.92. The molecule has 2 rings (SSSR count). The molecule has 1 aromatic carbocycles. The van der Waals surface area contributed by atoms with E-state index >= 15 is 0 Å². The SMILES string of the molecule is CCC(C)(C#CC1CCCC1)Oc1cc(C(=O)OCCS(=O)(=O)[O-])ccc1C(F)(F)F. The molecule has 0 radical (unpaired) electrons. The van der Waals surface area contributed by atoms with Crippen LogP contribution in [0.3, 0.4) is 0 Å². The summed E-state index contributed by atoms with van der Waals surface area (Å²) >= 11 is 0. The van der Waals surface area contributed by atoms with Crippen LogP contribution in [0, 0.1) is 17.8 Å². The Morgan fingerprint density at radius 2 is 1.90 bits per heavy atom. The first-order valence-electron chi connectivity index (χ1n) is 9.86. The number of carbonyl (C=O) groups is 1. The molecular formula is C21H24F3O6S-. The Labute approximate surface area is 179 Å². The van der Waals surface area contributed by atoms with Crippen molar-refractivity contribution < 1.29 is 40.4 Å². The Balaban J connectivity index is 2.29. The smallest absolute Gasteiger partial charge is 0.419 e. The second-order valence-corrected chi connectivity index (χ2v) is 9.07. The van der Waals surface area contributed by atoms with E-state index in [9.17, 15) is 30.9 Å². The monoisotopic (exact) mass is 461 g/mol. The van der Waals surface area contributed by atoms with Crippen molar-refractivity contribution in [2.45, 2.75) is 57.7 Å². The molecule has 1 aliphatic rings. The number of rotatable bonds is 7. The third-order valence-electron chi connectivity index (χ3n) is 4.99. The highest BCUT2D eigenvalue weighted by Crippen LogP contribution is 2.38. The fraction of sp³-hybridized carbons (Fsp3) is 0.571. The van der Waals surface area contributed by atoms with Crippen LogP contribution in [0.1, 0.15) is 61.9 Å². The van der Waals surface area contributed by atoms with Crippen LogP contribution >= 0.6 is 0 Å². The maximum atomic E-state index is 13.5. The largest absolute Gasteiger partial charge is 0.748 e. The van der Waals surface area contributed by atoms with Gasteiger partial charge >= 0.3 is 12.1 Å². The highest BCUT2D eigenvalue weighted by Gasteiger charge is 2.37. The molecule has 1 fully saturated rings. The van der Waals surface area contributed by atoms with Gasteiger partial charge in [-0.2, -0.15) is 13.2 Å². The number of hydrogen-bond acceptors (Lipinski definition) is 6. The summed E-state index contributed by atoms with van der Waals surface area (Å²) in [5.74, 6) is 3.65. The third-order valence-corrected chi connectivity index (χ3v) is 5.66. The zero-order valence-corrected chi connectivity index (χ0v) is 18.1. The number of ether oxygens (including phenoxy) is 2. The van der Waals surface area contributed by atoms with Gasteiger partial charge in [-0.3, -0.25) is 0 Å². The van der Waals surface area contributed by atoms with Crippen LogP contribution in [0.25, 0.3) is 0 Å². The summed E-state index contributed by atoms with van der Waals surface area (Å²) in [7, 11) is -4.59. The van der Waals surface area contributed by atoms with Crippen LogP contribution in [0.15, 0.2) is 18.2 Å². The van der Waals surface area contributed by atoms with Gasteiger partial charge < -0.3 is 14.0 Å². The molecule has 0 aliphatic heterocycles. The van der Waals surface area contributed by atoms with Crippen molar-refractivity contribution in [2.24, 2.45) is 5.92 Å². The molecule has 1 unspecified atom stereocenters. The summed E-state index contributed by atoms with van der Waals surface area (Å²) in [6, 6.07) is 2.48. The lowest BCUT2D eigenvalue weighted by Gasteiger charge is -2.26. The second-order valence-electron chi connectivity index (χ2n) is 7.54. The van der Waals surface area contributed by atoms with E-state index in [0.29, 0.717) is 12.5 Å². The molecule has 1 saturated carbocycles. The average Bonchev–Trinajstić information content (AvgIpc) is 3.18. The van der Waals surface area contributed by atoms with Crippen molar-refractivity contribution in [1.29, 1.82) is 0 Å². The summed E-state index contributed by atoms with van der Waals surface area (Å²) in [6.45, 7) is 2.61. The number of esters is 1. The van der Waals surface area contributed by atoms with Gasteiger partial charge in [-0.05, 0) is 44.4 Å². The maximum absolute atomic E-state index is 13.5. The summed E-state index contributed by atoms with van der Waals surface area (Å²) in [5, 5.41) is 0. The van der Waals surface area contributed by atoms with Crippen LogP contribution in [0.2, 0.25) is 0 Å². The molecule has 1 aliphatic carbocycles. The first-order valence-corrected chi connectivity index (χ1v) is 11.4. The van der Waals surface area contributed by atoms with Crippen LogP contribution in [-0.4, -0.2) is 36.9 Å². The molecule has 1 atom stereocenters. The molecule has 0 N–H and O–H groups in total. The number of benzene rings is 1. The molecule has 6 nitrogen and oxygen atoms in total. The molecule has 0 spiro atoms. The molecule has 0 aromatic heterocycles. The van der Waals surface area contributed by atoms with Gasteiger partial charge in [0.2, 0.25) is 0 Å². The Hall–Kier alpha value is -2.25. The highest BCUT2D eigenvalue weighted by atomic mass is 32.2. The first-order chi connectivity index (χ1) is 14.3. The van der Waals surface area contributed by atoms with Gasteiger partial charge in [0.05, 0.1) is 27.0 Å². The zero-order chi connectivity index (χ0) is 23.3. The Morgan fingerprint density at radius 3 is 2.45 bits per heavy atom. The number of carbonyl (C=O) groups excluding carboxylic acids is 1. The van der Waals surface area contributed by atoms with E-state index in [2.05, 4.69) is 16.6 Å². The van der Waals surface area contributed by atoms with Crippen molar-refractivity contribution in [2.75, 3.05) is 12.4 Å². The summed E-state index contributed by atoms with van der Waals surface area (Å²) < 4.78 is 82.6. The standard InChI is InChI=1S/C21H25F3O6S/c1-3-20(2,11-10-15-6-4-5-7-15)30-18-14-16(8-9-17(18)21(22,23)24)19(25)29-12-13-31(26,27)28/h8-9,14-15H,3-7,12-13H2,1-2H3,(H,26,27,28)/p-1. The predicted octanol–water partition coefficient (Wildman–Crippen LogP) is 4.15. The highest BCUT2D eigenvalue weighted by molar-refractivity contribution is 7.85. The van der Waals surface area contributed by atoms with E-state index in [-0.39, 0.29) is 11.5 Å². The summed E-state index contributed by atoms with van der Waals surface area (Å²) in [4.78, 5) is 12.1. The number of halogens is 3. The van der Waals surface area contributed by atoms with Crippen molar-refractivity contribution >= 4 is 16.1 Å². The van der Waals surface area contributed by atoms with Gasteiger partial charge in [0.15, 0.2) is 5.60 Å². The molecule has 0 heterocycles. The van der Waals surface area contributed by atoms with Gasteiger partial charge in [0.1, 0.15) is 12.4 Å². The van der Waals surface area contributed by atoms with E-state index in [1.54, 1.807) is 13.8 Å². The van der Waals surface area contributed by atoms with Crippen molar-refractivity contribution in [3.05, 3.63) is 29.3 Å². The normalized spacial score (nSPS) is 16.8. The van der Waals surface area contributed by atoms with Gasteiger partial charge in [0, 0.05) is 5.92 Å². The fourth-order valence-electron chi connectivity index (χ4n) is 3.04. The van der Waals surface area contributed by atoms with E-state index in [0.717, 1.165) is 37.8 Å². The fourth-order valence-corrected chi connectivity index (χ4v) is 3.33. The van der Waals surface area contributed by atoms with Crippen molar-refractivity contribution in [3.63, 3.8) is 0 Å². The lowest BCUT2D eigenvalue weighted by molar-refractivity contribution is -0.139. The van der Waals surface area contributed by atoms with Gasteiger partial charge in [-0.1, -0.05) is 31.6 Å². The minimum Gasteiger partial charge on any atom is -0.748 e. The van der Waals surface area contributed by atoms with E-state index in [1.807, 2.05) is 0 Å². The Morgan fingerprint density at radius 1 is 1.26 bits per heavy atom. The van der Waals surface area contributed by atoms with Crippen LogP contribution in [0.4, 0.5) is 13.2 Å². The maximum Gasteiger partial charge on any atom is 0.419 e. The summed E-state index contributed by atoms with van der Waals surface area (Å²) in [6.07, 6.45) is -0.401. The Bertz CT molecular complexity index is 956. The minimum atomic E-state index is -4.73. The topological polar surface area (TPSA) is 92.7 Å². The molecule has 172 valence electrons. The average molecular weight is 461 g/mol. The molecule has 10 heteroatoms. The van der Waals surface area contributed by atoms with Gasteiger partial charge in [-0.15, -0.1) is 0 Å². The minimum absolute atomic E-state index is 0.190. The van der Waals surface area contributed by atoms with Crippen LogP contribution in [0.5, 0.6) is 5.75 Å². The molecular weight excluding hydrogens is 437 g/mol. The molecule has 0 bridgehead atoms. The first kappa shape index (κ1) is 25.0. The van der Waals surface area contributed by atoms with Crippen LogP contribution < -0.4 is 4.74 Å². The lowest BCUT2D eigenvalue weighted by atomic mass is 10.0. The molecule has 31 heavy (non-hydrogen) atoms. The zero-order valence-electron chi connectivity index (χ0n) is 17.3. The van der Waals surface area contributed by atoms with Crippen LogP contribution in [-0.2, 0) is 21.0 Å². The molecule has 1 aromatic rings. The van der Waals surface area contributed by atoms with Gasteiger partial charge in [0.25, 0.3) is 0 Å². The predicted molar refractivity (Wildman–Crippen MR) is 105 cm³/mol.